The average Bonchev–Trinajstić information content (AvgIpc) is 2.88. The molecule has 1 aromatic carbocycles. The molecular formula is C16H21N7. The molecule has 0 spiro atoms. The lowest BCUT2D eigenvalue weighted by atomic mass is 10.1. The molecule has 0 amide bonds. The maximum Gasteiger partial charge on any atom is 0.207 e. The van der Waals surface area contributed by atoms with Gasteiger partial charge in [-0.15, -0.1) is 0 Å². The van der Waals surface area contributed by atoms with Crippen LogP contribution in [-0.2, 0) is 0 Å². The van der Waals surface area contributed by atoms with Crippen molar-refractivity contribution in [2.24, 2.45) is 11.7 Å². The molecule has 2 heterocycles. The van der Waals surface area contributed by atoms with Crippen molar-refractivity contribution in [3.8, 4) is 5.82 Å². The Balaban J connectivity index is 2.00. The van der Waals surface area contributed by atoms with Crippen molar-refractivity contribution in [1.82, 2.24) is 19.5 Å². The van der Waals surface area contributed by atoms with Gasteiger partial charge in [-0.1, -0.05) is 26.0 Å². The predicted molar refractivity (Wildman–Crippen MR) is 92.4 cm³/mol. The molecule has 0 bridgehead atoms. The Hall–Kier alpha value is -2.67. The second kappa shape index (κ2) is 6.21. The van der Waals surface area contributed by atoms with Gasteiger partial charge in [0.25, 0.3) is 0 Å². The summed E-state index contributed by atoms with van der Waals surface area (Å²) >= 11 is 0. The van der Waals surface area contributed by atoms with Crippen LogP contribution in [0.4, 0.5) is 11.8 Å². The molecule has 1 atom stereocenters. The Morgan fingerprint density at radius 1 is 1.22 bits per heavy atom. The van der Waals surface area contributed by atoms with Crippen molar-refractivity contribution in [2.45, 2.75) is 19.9 Å². The van der Waals surface area contributed by atoms with Crippen LogP contribution in [0.15, 0.2) is 36.7 Å². The summed E-state index contributed by atoms with van der Waals surface area (Å²) < 4.78 is 1.81. The van der Waals surface area contributed by atoms with Crippen molar-refractivity contribution in [2.75, 3.05) is 17.6 Å². The number of nitrogens with zero attached hydrogens (tertiary/aromatic N) is 4. The Labute approximate surface area is 134 Å². The van der Waals surface area contributed by atoms with E-state index in [0.717, 1.165) is 16.9 Å². The molecule has 3 rings (SSSR count). The summed E-state index contributed by atoms with van der Waals surface area (Å²) in [6.45, 7) is 4.77. The molecule has 5 N–H and O–H groups in total. The number of anilines is 2. The van der Waals surface area contributed by atoms with E-state index in [9.17, 15) is 0 Å². The lowest BCUT2D eigenvalue weighted by Crippen LogP contribution is -2.34. The molecule has 0 saturated heterocycles. The maximum absolute atomic E-state index is 6.06. The molecule has 0 aliphatic carbocycles. The normalized spacial score (nSPS) is 12.7. The van der Waals surface area contributed by atoms with E-state index >= 15 is 0 Å². The Morgan fingerprint density at radius 2 is 2.00 bits per heavy atom. The van der Waals surface area contributed by atoms with E-state index in [1.165, 1.54) is 6.33 Å². The Kier molecular flexibility index (Phi) is 4.12. The minimum atomic E-state index is 0.148. The zero-order chi connectivity index (χ0) is 16.4. The van der Waals surface area contributed by atoms with Gasteiger partial charge in [-0.2, -0.15) is 0 Å². The number of para-hydroxylation sites is 2. The van der Waals surface area contributed by atoms with Gasteiger partial charge >= 0.3 is 0 Å². The molecule has 7 nitrogen and oxygen atoms in total. The van der Waals surface area contributed by atoms with Crippen LogP contribution < -0.4 is 16.8 Å². The number of fused-ring (bicyclic) bond motifs is 1. The summed E-state index contributed by atoms with van der Waals surface area (Å²) in [7, 11) is 0. The monoisotopic (exact) mass is 311 g/mol. The number of aromatic nitrogens is 4. The molecule has 0 saturated carbocycles. The number of imidazole rings is 1. The third-order valence-corrected chi connectivity index (χ3v) is 3.86. The SMILES string of the molecule is CC(C)[C@@H](CN)Nc1cc(-n2c(N)nc3ccccc32)ncn1. The maximum atomic E-state index is 6.06. The first-order valence-corrected chi connectivity index (χ1v) is 7.62. The first-order valence-electron chi connectivity index (χ1n) is 7.62. The molecule has 2 aromatic heterocycles. The highest BCUT2D eigenvalue weighted by atomic mass is 15.2. The third-order valence-electron chi connectivity index (χ3n) is 3.86. The lowest BCUT2D eigenvalue weighted by molar-refractivity contribution is 0.530. The number of rotatable bonds is 5. The lowest BCUT2D eigenvalue weighted by Gasteiger charge is -2.21. The van der Waals surface area contributed by atoms with Gasteiger partial charge in [0, 0.05) is 18.7 Å². The fraction of sp³-hybridized carbons (Fsp3) is 0.312. The van der Waals surface area contributed by atoms with Crippen molar-refractivity contribution in [1.29, 1.82) is 0 Å². The Bertz CT molecular complexity index is 809. The van der Waals surface area contributed by atoms with Crippen LogP contribution in [0.5, 0.6) is 0 Å². The van der Waals surface area contributed by atoms with Gasteiger partial charge in [-0.25, -0.2) is 15.0 Å². The number of nitrogen functional groups attached to an aromatic ring is 1. The summed E-state index contributed by atoms with van der Waals surface area (Å²) in [4.78, 5) is 13.0. The fourth-order valence-electron chi connectivity index (χ4n) is 2.52. The molecule has 0 radical (unpaired) electrons. The van der Waals surface area contributed by atoms with Crippen molar-refractivity contribution < 1.29 is 0 Å². The first-order chi connectivity index (χ1) is 11.1. The number of hydrogen-bond acceptors (Lipinski definition) is 6. The fourth-order valence-corrected chi connectivity index (χ4v) is 2.52. The van der Waals surface area contributed by atoms with Gasteiger partial charge in [0.15, 0.2) is 0 Å². The van der Waals surface area contributed by atoms with E-state index < -0.39 is 0 Å². The van der Waals surface area contributed by atoms with Crippen molar-refractivity contribution in [3.63, 3.8) is 0 Å². The number of benzene rings is 1. The first kappa shape index (κ1) is 15.2. The molecule has 23 heavy (non-hydrogen) atoms. The topological polar surface area (TPSA) is 108 Å². The Morgan fingerprint density at radius 3 is 2.74 bits per heavy atom. The molecule has 0 aliphatic heterocycles. The highest BCUT2D eigenvalue weighted by Crippen LogP contribution is 2.22. The van der Waals surface area contributed by atoms with Gasteiger partial charge in [0.05, 0.1) is 11.0 Å². The van der Waals surface area contributed by atoms with E-state index in [2.05, 4.69) is 34.1 Å². The van der Waals surface area contributed by atoms with Crippen LogP contribution in [0.3, 0.4) is 0 Å². The third kappa shape index (κ3) is 2.95. The summed E-state index contributed by atoms with van der Waals surface area (Å²) in [5, 5.41) is 3.35. The van der Waals surface area contributed by atoms with E-state index in [4.69, 9.17) is 11.5 Å². The zero-order valence-electron chi connectivity index (χ0n) is 13.3. The van der Waals surface area contributed by atoms with Gasteiger partial charge in [-0.05, 0) is 18.1 Å². The van der Waals surface area contributed by atoms with Crippen molar-refractivity contribution in [3.05, 3.63) is 36.7 Å². The number of nitrogens with two attached hydrogens (primary N) is 2. The van der Waals surface area contributed by atoms with Crippen LogP contribution in [0.1, 0.15) is 13.8 Å². The molecule has 0 unspecified atom stereocenters. The van der Waals surface area contributed by atoms with Crippen LogP contribution >= 0.6 is 0 Å². The van der Waals surface area contributed by atoms with Gasteiger partial charge in [0.1, 0.15) is 18.0 Å². The molecule has 120 valence electrons. The van der Waals surface area contributed by atoms with Crippen LogP contribution in [0, 0.1) is 5.92 Å². The molecule has 0 aliphatic rings. The summed E-state index contributed by atoms with van der Waals surface area (Å²) in [5.41, 5.74) is 13.6. The minimum absolute atomic E-state index is 0.148. The predicted octanol–water partition coefficient (Wildman–Crippen LogP) is 1.79. The molecule has 7 heteroatoms. The highest BCUT2D eigenvalue weighted by molar-refractivity contribution is 5.80. The summed E-state index contributed by atoms with van der Waals surface area (Å²) in [6.07, 6.45) is 1.51. The van der Waals surface area contributed by atoms with E-state index in [1.54, 1.807) is 0 Å². The number of hydrogen-bond donors (Lipinski definition) is 3. The zero-order valence-corrected chi connectivity index (χ0v) is 13.3. The van der Waals surface area contributed by atoms with Gasteiger partial charge in [-0.3, -0.25) is 4.57 Å². The standard InChI is InChI=1S/C16H21N7/c1-10(2)12(8-17)21-14-7-15(20-9-19-14)23-13-6-4-3-5-11(13)22-16(23)18/h3-7,9-10,12H,8,17H2,1-2H3,(H2,18,22)(H,19,20,21)/t12-/m1/s1. The second-order valence-electron chi connectivity index (χ2n) is 5.79. The van der Waals surface area contributed by atoms with E-state index in [-0.39, 0.29) is 6.04 Å². The van der Waals surface area contributed by atoms with Crippen LogP contribution in [0.2, 0.25) is 0 Å². The second-order valence-corrected chi connectivity index (χ2v) is 5.79. The van der Waals surface area contributed by atoms with Gasteiger partial charge in [0.2, 0.25) is 5.95 Å². The van der Waals surface area contributed by atoms with Crippen molar-refractivity contribution >= 4 is 22.8 Å². The van der Waals surface area contributed by atoms with Crippen LogP contribution in [-0.4, -0.2) is 32.1 Å². The molecule has 0 fully saturated rings. The smallest absolute Gasteiger partial charge is 0.207 e. The molecule has 3 aromatic rings. The van der Waals surface area contributed by atoms with E-state index in [0.29, 0.717) is 24.2 Å². The largest absolute Gasteiger partial charge is 0.369 e. The van der Waals surface area contributed by atoms with Crippen LogP contribution in [0.25, 0.3) is 16.9 Å². The van der Waals surface area contributed by atoms with E-state index in [1.807, 2.05) is 34.9 Å². The number of nitrogens with one attached hydrogen (secondary N) is 1. The summed E-state index contributed by atoms with van der Waals surface area (Å²) in [5.74, 6) is 2.19. The average molecular weight is 311 g/mol. The highest BCUT2D eigenvalue weighted by Gasteiger charge is 2.14. The minimum Gasteiger partial charge on any atom is -0.369 e. The summed E-state index contributed by atoms with van der Waals surface area (Å²) in [6, 6.07) is 9.77. The quantitative estimate of drug-likeness (QED) is 0.663. The van der Waals surface area contributed by atoms with Gasteiger partial charge < -0.3 is 16.8 Å². The molecular weight excluding hydrogens is 290 g/mol.